The molecule has 15 heavy (non-hydrogen) atoms. The zero-order valence-electron chi connectivity index (χ0n) is 8.62. The first-order chi connectivity index (χ1) is 6.35. The molecule has 90 valence electrons. The molecule has 0 aliphatic rings. The first kappa shape index (κ1) is 14.2. The predicted octanol–water partition coefficient (Wildman–Crippen LogP) is -3.54. The summed E-state index contributed by atoms with van der Waals surface area (Å²) in [5.74, 6) is -8.85. The minimum atomic E-state index is -3.64. The minimum Gasteiger partial charge on any atom is -0.477 e. The Labute approximate surface area is 85.8 Å². The van der Waals surface area contributed by atoms with Crippen LogP contribution in [-0.2, 0) is 4.79 Å². The van der Waals surface area contributed by atoms with Crippen molar-refractivity contribution >= 4 is 5.97 Å². The SMILES string of the molecule is C[N+](C)(C)C(O)(O)C(O)C(O)(O)C(=O)O. The number of aliphatic carboxylic acids is 1. The third-order valence-electron chi connectivity index (χ3n) is 2.05. The van der Waals surface area contributed by atoms with E-state index in [1.807, 2.05) is 0 Å². The van der Waals surface area contributed by atoms with Gasteiger partial charge in [0.2, 0.25) is 6.10 Å². The lowest BCUT2D eigenvalue weighted by atomic mass is 10.1. The third kappa shape index (κ3) is 2.43. The monoisotopic (exact) mass is 226 g/mol. The van der Waals surface area contributed by atoms with Gasteiger partial charge in [-0.15, -0.1) is 0 Å². The number of aliphatic hydroxyl groups is 5. The van der Waals surface area contributed by atoms with E-state index in [1.54, 1.807) is 0 Å². The Balaban J connectivity index is 5.18. The zero-order chi connectivity index (χ0) is 12.7. The fraction of sp³-hybridized carbons (Fsp3) is 0.857. The summed E-state index contributed by atoms with van der Waals surface area (Å²) in [4.78, 5) is 10.3. The molecule has 1 atom stereocenters. The van der Waals surface area contributed by atoms with E-state index in [0.717, 1.165) is 0 Å². The number of nitrogens with zero attached hydrogens (tertiary/aromatic N) is 1. The summed E-state index contributed by atoms with van der Waals surface area (Å²) < 4.78 is -0.704. The van der Waals surface area contributed by atoms with Gasteiger partial charge in [0, 0.05) is 0 Å². The molecule has 0 bridgehead atoms. The molecule has 0 aromatic carbocycles. The lowest BCUT2D eigenvalue weighted by Crippen LogP contribution is -2.71. The molecule has 8 nitrogen and oxygen atoms in total. The summed E-state index contributed by atoms with van der Waals surface area (Å²) in [7, 11) is 3.67. The number of carbonyl (C=O) groups is 1. The van der Waals surface area contributed by atoms with Crippen LogP contribution in [0.15, 0.2) is 0 Å². The summed E-state index contributed by atoms with van der Waals surface area (Å²) >= 11 is 0. The van der Waals surface area contributed by atoms with Gasteiger partial charge in [0.25, 0.3) is 0 Å². The van der Waals surface area contributed by atoms with Crippen LogP contribution < -0.4 is 0 Å². The Hall–Kier alpha value is -0.770. The van der Waals surface area contributed by atoms with Gasteiger partial charge in [-0.25, -0.2) is 4.79 Å². The van der Waals surface area contributed by atoms with Gasteiger partial charge in [0.1, 0.15) is 0 Å². The van der Waals surface area contributed by atoms with Gasteiger partial charge in [0.05, 0.1) is 21.1 Å². The first-order valence-electron chi connectivity index (χ1n) is 3.97. The summed E-state index contributed by atoms with van der Waals surface area (Å²) in [6, 6.07) is 0. The van der Waals surface area contributed by atoms with Crippen LogP contribution in [-0.4, -0.2) is 80.0 Å². The number of quaternary nitrogens is 1. The van der Waals surface area contributed by atoms with Crippen molar-refractivity contribution in [3.05, 3.63) is 0 Å². The molecule has 0 rings (SSSR count). The molecule has 0 aromatic heterocycles. The van der Waals surface area contributed by atoms with Gasteiger partial charge in [-0.1, -0.05) is 0 Å². The molecular weight excluding hydrogens is 210 g/mol. The van der Waals surface area contributed by atoms with Crippen molar-refractivity contribution < 1.29 is 39.9 Å². The second kappa shape index (κ2) is 3.67. The summed E-state index contributed by atoms with van der Waals surface area (Å²) in [5.41, 5.74) is 0. The van der Waals surface area contributed by atoms with E-state index in [-0.39, 0.29) is 0 Å². The fourth-order valence-corrected chi connectivity index (χ4v) is 0.754. The highest BCUT2D eigenvalue weighted by Crippen LogP contribution is 2.23. The van der Waals surface area contributed by atoms with E-state index in [2.05, 4.69) is 0 Å². The standard InChI is InChI=1S/C7H15NO7/c1-8(2,3)7(14,15)4(9)6(12,13)5(10)11/h4,9,12-15H,1-3H3/p+1. The zero-order valence-corrected chi connectivity index (χ0v) is 8.62. The van der Waals surface area contributed by atoms with Crippen LogP contribution in [0.25, 0.3) is 0 Å². The molecule has 0 heterocycles. The van der Waals surface area contributed by atoms with Gasteiger partial charge in [-0.05, 0) is 0 Å². The number of carboxylic acid groups (broad SMARTS) is 1. The van der Waals surface area contributed by atoms with Crippen molar-refractivity contribution in [2.24, 2.45) is 0 Å². The number of hydrogen-bond donors (Lipinski definition) is 6. The van der Waals surface area contributed by atoms with E-state index in [4.69, 9.17) is 15.3 Å². The average molecular weight is 226 g/mol. The molecule has 0 saturated heterocycles. The van der Waals surface area contributed by atoms with Crippen molar-refractivity contribution in [2.75, 3.05) is 21.1 Å². The summed E-state index contributed by atoms with van der Waals surface area (Å²) in [6.45, 7) is 0. The van der Waals surface area contributed by atoms with E-state index < -0.39 is 28.3 Å². The highest BCUT2D eigenvalue weighted by Gasteiger charge is 2.60. The van der Waals surface area contributed by atoms with Crippen molar-refractivity contribution in [2.45, 2.75) is 17.8 Å². The van der Waals surface area contributed by atoms with E-state index in [9.17, 15) is 20.1 Å². The maximum Gasteiger partial charge on any atom is 0.367 e. The van der Waals surface area contributed by atoms with Crippen LogP contribution in [0.5, 0.6) is 0 Å². The lowest BCUT2D eigenvalue weighted by Gasteiger charge is -2.41. The van der Waals surface area contributed by atoms with Crippen LogP contribution in [0.2, 0.25) is 0 Å². The fourth-order valence-electron chi connectivity index (χ4n) is 0.754. The largest absolute Gasteiger partial charge is 0.477 e. The van der Waals surface area contributed by atoms with Gasteiger partial charge >= 0.3 is 17.7 Å². The number of likely N-dealkylation sites (N-methyl/N-ethyl adjacent to an activating group) is 1. The quantitative estimate of drug-likeness (QED) is 0.215. The Morgan fingerprint density at radius 2 is 1.47 bits per heavy atom. The Morgan fingerprint density at radius 1 is 1.13 bits per heavy atom. The maximum absolute atomic E-state index is 10.3. The Kier molecular flexibility index (Phi) is 3.48. The second-order valence-electron chi connectivity index (χ2n) is 4.13. The molecule has 0 aromatic rings. The van der Waals surface area contributed by atoms with Gasteiger partial charge < -0.3 is 30.6 Å². The summed E-state index contributed by atoms with van der Waals surface area (Å²) in [5, 5.41) is 54.2. The Bertz CT molecular complexity index is 255. The van der Waals surface area contributed by atoms with E-state index in [1.165, 1.54) is 21.1 Å². The van der Waals surface area contributed by atoms with Gasteiger partial charge in [-0.3, -0.25) is 4.48 Å². The number of rotatable bonds is 4. The molecule has 0 saturated carbocycles. The van der Waals surface area contributed by atoms with Crippen molar-refractivity contribution in [3.63, 3.8) is 0 Å². The van der Waals surface area contributed by atoms with Crippen molar-refractivity contribution in [1.29, 1.82) is 0 Å². The van der Waals surface area contributed by atoms with Crippen molar-refractivity contribution in [1.82, 2.24) is 0 Å². The number of carboxylic acids is 1. The van der Waals surface area contributed by atoms with Crippen LogP contribution >= 0.6 is 0 Å². The molecule has 0 spiro atoms. The normalized spacial score (nSPS) is 16.3. The molecule has 8 heteroatoms. The highest BCUT2D eigenvalue weighted by atomic mass is 16.6. The Morgan fingerprint density at radius 3 is 1.67 bits per heavy atom. The first-order valence-corrected chi connectivity index (χ1v) is 3.97. The molecule has 0 fully saturated rings. The smallest absolute Gasteiger partial charge is 0.367 e. The second-order valence-corrected chi connectivity index (χ2v) is 4.13. The van der Waals surface area contributed by atoms with Crippen LogP contribution in [0, 0.1) is 0 Å². The van der Waals surface area contributed by atoms with E-state index >= 15 is 0 Å². The molecule has 0 amide bonds. The molecule has 0 aliphatic heterocycles. The molecular formula is C7H16NO7+. The van der Waals surface area contributed by atoms with Crippen LogP contribution in [0.4, 0.5) is 0 Å². The number of aliphatic hydroxyl groups excluding tert-OH is 1. The predicted molar refractivity (Wildman–Crippen MR) is 46.0 cm³/mol. The lowest BCUT2D eigenvalue weighted by molar-refractivity contribution is -0.985. The molecule has 6 N–H and O–H groups in total. The van der Waals surface area contributed by atoms with Crippen molar-refractivity contribution in [3.8, 4) is 0 Å². The molecule has 0 aliphatic carbocycles. The summed E-state index contributed by atoms with van der Waals surface area (Å²) in [6.07, 6.45) is -2.69. The third-order valence-corrected chi connectivity index (χ3v) is 2.05. The van der Waals surface area contributed by atoms with Crippen LogP contribution in [0.1, 0.15) is 0 Å². The highest BCUT2D eigenvalue weighted by molar-refractivity contribution is 5.75. The maximum atomic E-state index is 10.3. The minimum absolute atomic E-state index is 0.704. The molecule has 0 radical (unpaired) electrons. The van der Waals surface area contributed by atoms with E-state index in [0.29, 0.717) is 0 Å². The van der Waals surface area contributed by atoms with Gasteiger partial charge in [0.15, 0.2) is 0 Å². The van der Waals surface area contributed by atoms with Crippen LogP contribution in [0.3, 0.4) is 0 Å². The number of hydrogen-bond acceptors (Lipinski definition) is 6. The topological polar surface area (TPSA) is 138 Å². The van der Waals surface area contributed by atoms with Gasteiger partial charge in [-0.2, -0.15) is 0 Å². The molecule has 1 unspecified atom stereocenters. The average Bonchev–Trinajstić information content (AvgIpc) is 2.00.